The molecule has 0 aromatic carbocycles. The van der Waals surface area contributed by atoms with E-state index < -0.39 is 0 Å². The zero-order chi connectivity index (χ0) is 20.2. The molecule has 0 saturated carbocycles. The second kappa shape index (κ2) is 20.2. The fourth-order valence-electron chi connectivity index (χ4n) is 3.65. The van der Waals surface area contributed by atoms with Crippen LogP contribution in [0.3, 0.4) is 0 Å². The van der Waals surface area contributed by atoms with Gasteiger partial charge < -0.3 is 4.74 Å². The van der Waals surface area contributed by atoms with Crippen LogP contribution >= 0.6 is 0 Å². The standard InChI is InChI=1S/C25H50O2/c1-5-7-9-16-20-24(19-8-6-2)22-27-25(26)21-17-14-12-10-11-13-15-18-23(3)4/h23-24H,5-22H2,1-4H3. The number of hydrogen-bond donors (Lipinski definition) is 0. The van der Waals surface area contributed by atoms with Crippen molar-refractivity contribution in [2.75, 3.05) is 6.61 Å². The molecule has 0 aromatic heterocycles. The number of rotatable bonds is 20. The summed E-state index contributed by atoms with van der Waals surface area (Å²) in [5.74, 6) is 1.45. The second-order valence-corrected chi connectivity index (χ2v) is 8.95. The molecule has 0 bridgehead atoms. The monoisotopic (exact) mass is 382 g/mol. The van der Waals surface area contributed by atoms with Crippen molar-refractivity contribution < 1.29 is 9.53 Å². The molecule has 0 fully saturated rings. The number of hydrogen-bond acceptors (Lipinski definition) is 2. The lowest BCUT2D eigenvalue weighted by Crippen LogP contribution is -2.14. The molecule has 0 saturated heterocycles. The normalized spacial score (nSPS) is 12.5. The predicted molar refractivity (Wildman–Crippen MR) is 119 cm³/mol. The number of carbonyl (C=O) groups is 1. The van der Waals surface area contributed by atoms with Crippen molar-refractivity contribution in [2.24, 2.45) is 11.8 Å². The van der Waals surface area contributed by atoms with Gasteiger partial charge in [0.25, 0.3) is 0 Å². The molecule has 0 rings (SSSR count). The first-order valence-corrected chi connectivity index (χ1v) is 12.3. The van der Waals surface area contributed by atoms with E-state index in [2.05, 4.69) is 27.7 Å². The van der Waals surface area contributed by atoms with E-state index in [1.807, 2.05) is 0 Å². The van der Waals surface area contributed by atoms with Crippen LogP contribution in [0.5, 0.6) is 0 Å². The van der Waals surface area contributed by atoms with Gasteiger partial charge in [0, 0.05) is 6.42 Å². The smallest absolute Gasteiger partial charge is 0.305 e. The summed E-state index contributed by atoms with van der Waals surface area (Å²) in [6.07, 6.45) is 21.0. The largest absolute Gasteiger partial charge is 0.465 e. The van der Waals surface area contributed by atoms with Gasteiger partial charge in [-0.15, -0.1) is 0 Å². The molecule has 0 aliphatic carbocycles. The molecule has 27 heavy (non-hydrogen) atoms. The molecule has 2 heteroatoms. The maximum atomic E-state index is 12.0. The molecule has 1 unspecified atom stereocenters. The van der Waals surface area contributed by atoms with E-state index in [9.17, 15) is 4.79 Å². The van der Waals surface area contributed by atoms with Crippen molar-refractivity contribution in [3.8, 4) is 0 Å². The Morgan fingerprint density at radius 3 is 1.81 bits per heavy atom. The molecular formula is C25H50O2. The van der Waals surface area contributed by atoms with Gasteiger partial charge >= 0.3 is 5.97 Å². The minimum atomic E-state index is 0.0296. The van der Waals surface area contributed by atoms with Crippen molar-refractivity contribution in [2.45, 2.75) is 137 Å². The number of ether oxygens (including phenoxy) is 1. The van der Waals surface area contributed by atoms with E-state index >= 15 is 0 Å². The molecular weight excluding hydrogens is 332 g/mol. The predicted octanol–water partition coefficient (Wildman–Crippen LogP) is 8.47. The Labute approximate surface area is 171 Å². The van der Waals surface area contributed by atoms with E-state index in [0.29, 0.717) is 18.9 Å². The van der Waals surface area contributed by atoms with Crippen LogP contribution in [0, 0.1) is 11.8 Å². The van der Waals surface area contributed by atoms with Crippen molar-refractivity contribution in [1.29, 1.82) is 0 Å². The van der Waals surface area contributed by atoms with Crippen LogP contribution in [0.1, 0.15) is 137 Å². The van der Waals surface area contributed by atoms with Crippen LogP contribution in [0.25, 0.3) is 0 Å². The quantitative estimate of drug-likeness (QED) is 0.156. The summed E-state index contributed by atoms with van der Waals surface area (Å²) in [7, 11) is 0. The average molecular weight is 383 g/mol. The highest BCUT2D eigenvalue weighted by Gasteiger charge is 2.11. The van der Waals surface area contributed by atoms with E-state index in [1.165, 1.54) is 96.3 Å². The van der Waals surface area contributed by atoms with Crippen LogP contribution in [0.15, 0.2) is 0 Å². The SMILES string of the molecule is CCCCCCC(CCCC)COC(=O)CCCCCCCCCC(C)C. The summed E-state index contributed by atoms with van der Waals surface area (Å²) in [5.41, 5.74) is 0. The third-order valence-corrected chi connectivity index (χ3v) is 5.57. The van der Waals surface area contributed by atoms with Gasteiger partial charge in [-0.05, 0) is 31.1 Å². The molecule has 2 nitrogen and oxygen atoms in total. The van der Waals surface area contributed by atoms with Gasteiger partial charge in [-0.1, -0.05) is 111 Å². The van der Waals surface area contributed by atoms with Gasteiger partial charge in [0.1, 0.15) is 0 Å². The first-order valence-electron chi connectivity index (χ1n) is 12.3. The van der Waals surface area contributed by atoms with Gasteiger partial charge in [0.05, 0.1) is 6.61 Å². The summed E-state index contributed by atoms with van der Waals surface area (Å²) < 4.78 is 5.60. The average Bonchev–Trinajstić information content (AvgIpc) is 2.65. The Kier molecular flexibility index (Phi) is 19.8. The Morgan fingerprint density at radius 1 is 0.667 bits per heavy atom. The van der Waals surface area contributed by atoms with Crippen molar-refractivity contribution in [1.82, 2.24) is 0 Å². The summed E-state index contributed by atoms with van der Waals surface area (Å²) in [5, 5.41) is 0. The Bertz CT molecular complexity index is 311. The number of carbonyl (C=O) groups excluding carboxylic acids is 1. The lowest BCUT2D eigenvalue weighted by molar-refractivity contribution is -0.145. The molecule has 0 aliphatic rings. The van der Waals surface area contributed by atoms with Gasteiger partial charge in [0.2, 0.25) is 0 Å². The zero-order valence-electron chi connectivity index (χ0n) is 19.2. The van der Waals surface area contributed by atoms with Gasteiger partial charge in [0.15, 0.2) is 0 Å². The van der Waals surface area contributed by atoms with E-state index in [0.717, 1.165) is 12.3 Å². The number of esters is 1. The fraction of sp³-hybridized carbons (Fsp3) is 0.960. The molecule has 0 radical (unpaired) electrons. The topological polar surface area (TPSA) is 26.3 Å². The number of unbranched alkanes of at least 4 members (excludes halogenated alkanes) is 10. The second-order valence-electron chi connectivity index (χ2n) is 8.95. The summed E-state index contributed by atoms with van der Waals surface area (Å²) in [6, 6.07) is 0. The highest BCUT2D eigenvalue weighted by atomic mass is 16.5. The first kappa shape index (κ1) is 26.5. The van der Waals surface area contributed by atoms with Crippen molar-refractivity contribution >= 4 is 5.97 Å². The molecule has 0 aliphatic heterocycles. The molecule has 162 valence electrons. The van der Waals surface area contributed by atoms with Crippen molar-refractivity contribution in [3.63, 3.8) is 0 Å². The van der Waals surface area contributed by atoms with Crippen LogP contribution in [-0.2, 0) is 9.53 Å². The van der Waals surface area contributed by atoms with Gasteiger partial charge in [-0.25, -0.2) is 0 Å². The molecule has 0 amide bonds. The maximum absolute atomic E-state index is 12.0. The summed E-state index contributed by atoms with van der Waals surface area (Å²) >= 11 is 0. The molecule has 0 aromatic rings. The van der Waals surface area contributed by atoms with E-state index in [-0.39, 0.29) is 5.97 Å². The van der Waals surface area contributed by atoms with Crippen molar-refractivity contribution in [3.05, 3.63) is 0 Å². The van der Waals surface area contributed by atoms with Gasteiger partial charge in [-0.3, -0.25) is 4.79 Å². The molecule has 0 N–H and O–H groups in total. The Hall–Kier alpha value is -0.530. The van der Waals surface area contributed by atoms with Crippen LogP contribution in [0.2, 0.25) is 0 Å². The highest BCUT2D eigenvalue weighted by Crippen LogP contribution is 2.18. The summed E-state index contributed by atoms with van der Waals surface area (Å²) in [4.78, 5) is 12.0. The van der Waals surface area contributed by atoms with E-state index in [4.69, 9.17) is 4.74 Å². The highest BCUT2D eigenvalue weighted by molar-refractivity contribution is 5.69. The third-order valence-electron chi connectivity index (χ3n) is 5.57. The molecule has 0 spiro atoms. The van der Waals surface area contributed by atoms with E-state index in [1.54, 1.807) is 0 Å². The molecule has 0 heterocycles. The fourth-order valence-corrected chi connectivity index (χ4v) is 3.65. The Morgan fingerprint density at radius 2 is 1.19 bits per heavy atom. The molecule has 1 atom stereocenters. The lowest BCUT2D eigenvalue weighted by Gasteiger charge is -2.16. The zero-order valence-corrected chi connectivity index (χ0v) is 19.2. The first-order chi connectivity index (χ1) is 13.1. The van der Waals surface area contributed by atoms with Gasteiger partial charge in [-0.2, -0.15) is 0 Å². The van der Waals surface area contributed by atoms with Crippen LogP contribution in [0.4, 0.5) is 0 Å². The van der Waals surface area contributed by atoms with Crippen LogP contribution < -0.4 is 0 Å². The Balaban J connectivity index is 3.63. The maximum Gasteiger partial charge on any atom is 0.305 e. The minimum Gasteiger partial charge on any atom is -0.465 e. The third kappa shape index (κ3) is 20.0. The lowest BCUT2D eigenvalue weighted by atomic mass is 9.96. The van der Waals surface area contributed by atoms with Crippen LogP contribution in [-0.4, -0.2) is 12.6 Å². The minimum absolute atomic E-state index is 0.0296. The summed E-state index contributed by atoms with van der Waals surface area (Å²) in [6.45, 7) is 9.75.